The van der Waals surface area contributed by atoms with Gasteiger partial charge < -0.3 is 14.1 Å². The van der Waals surface area contributed by atoms with Crippen molar-refractivity contribution < 1.29 is 14.0 Å². The molecule has 0 bridgehead atoms. The van der Waals surface area contributed by atoms with Crippen LogP contribution in [0.5, 0.6) is 0 Å². The molecule has 23 heavy (non-hydrogen) atoms. The van der Waals surface area contributed by atoms with Crippen molar-refractivity contribution in [3.8, 4) is 0 Å². The number of hydrogen-bond acceptors (Lipinski definition) is 4. The molecule has 5 heteroatoms. The molecule has 0 radical (unpaired) electrons. The van der Waals surface area contributed by atoms with Gasteiger partial charge in [-0.2, -0.15) is 0 Å². The van der Waals surface area contributed by atoms with E-state index in [0.717, 1.165) is 24.3 Å². The van der Waals surface area contributed by atoms with E-state index in [0.29, 0.717) is 5.56 Å². The van der Waals surface area contributed by atoms with E-state index in [9.17, 15) is 4.79 Å². The van der Waals surface area contributed by atoms with Gasteiger partial charge in [0.2, 0.25) is 0 Å². The molecule has 1 aliphatic rings. The fourth-order valence-electron chi connectivity index (χ4n) is 2.60. The summed E-state index contributed by atoms with van der Waals surface area (Å²) in [6.07, 6.45) is 0.289. The van der Waals surface area contributed by atoms with Gasteiger partial charge >= 0.3 is 5.97 Å². The van der Waals surface area contributed by atoms with Gasteiger partial charge in [-0.05, 0) is 42.8 Å². The zero-order valence-corrected chi connectivity index (χ0v) is 16.4. The first-order valence-electron chi connectivity index (χ1n) is 8.17. The molecule has 0 aromatic heterocycles. The Labute approximate surface area is 140 Å². The fourth-order valence-corrected chi connectivity index (χ4v) is 3.94. The number of carbonyl (C=O) groups excluding carboxylic acids is 1. The smallest absolute Gasteiger partial charge is 0.338 e. The van der Waals surface area contributed by atoms with Crippen LogP contribution >= 0.6 is 0 Å². The number of ether oxygens (including phenoxy) is 1. The minimum atomic E-state index is -1.72. The summed E-state index contributed by atoms with van der Waals surface area (Å²) in [6, 6.07) is 5.79. The monoisotopic (exact) mass is 335 g/mol. The molecule has 0 aliphatic carbocycles. The summed E-state index contributed by atoms with van der Waals surface area (Å²) >= 11 is 0. The Morgan fingerprint density at radius 3 is 2.39 bits per heavy atom. The van der Waals surface area contributed by atoms with Crippen molar-refractivity contribution in [3.63, 3.8) is 0 Å². The highest BCUT2D eigenvalue weighted by molar-refractivity contribution is 6.74. The Bertz CT molecular complexity index is 586. The van der Waals surface area contributed by atoms with Gasteiger partial charge in [0.1, 0.15) is 0 Å². The molecule has 0 atom stereocenters. The minimum absolute atomic E-state index is 0.230. The Morgan fingerprint density at radius 2 is 1.87 bits per heavy atom. The highest BCUT2D eigenvalue weighted by Crippen LogP contribution is 2.39. The largest absolute Gasteiger partial charge is 0.465 e. The average Bonchev–Trinajstić information content (AvgIpc) is 2.41. The number of carbonyl (C=O) groups is 1. The first-order chi connectivity index (χ1) is 10.6. The lowest BCUT2D eigenvalue weighted by molar-refractivity contribution is 0.0600. The van der Waals surface area contributed by atoms with Gasteiger partial charge in [0.15, 0.2) is 8.32 Å². The van der Waals surface area contributed by atoms with Crippen molar-refractivity contribution >= 4 is 20.0 Å². The van der Waals surface area contributed by atoms with Gasteiger partial charge in [-0.1, -0.05) is 26.8 Å². The number of benzene rings is 1. The fraction of sp³-hybridized carbons (Fsp3) is 0.611. The Balaban J connectivity index is 2.05. The van der Waals surface area contributed by atoms with Crippen LogP contribution in [-0.4, -0.2) is 40.6 Å². The standard InChI is InChI=1S/C18H29NO3Si/c1-13-15(17(20)21-5)9-8-10-16(13)19-11-14(12-19)22-23(6,7)18(2,3)4/h8-10,14H,11-12H2,1-7H3. The molecule has 1 saturated heterocycles. The molecular weight excluding hydrogens is 306 g/mol. The van der Waals surface area contributed by atoms with Crippen LogP contribution in [0.4, 0.5) is 5.69 Å². The predicted octanol–water partition coefficient (Wildman–Crippen LogP) is 3.99. The Kier molecular flexibility index (Phi) is 4.92. The zero-order chi connectivity index (χ0) is 17.4. The van der Waals surface area contributed by atoms with Gasteiger partial charge in [0, 0.05) is 18.8 Å². The Morgan fingerprint density at radius 1 is 1.26 bits per heavy atom. The third-order valence-corrected chi connectivity index (χ3v) is 9.70. The lowest BCUT2D eigenvalue weighted by Gasteiger charge is -2.47. The highest BCUT2D eigenvalue weighted by atomic mass is 28.4. The number of hydrogen-bond donors (Lipinski definition) is 0. The van der Waals surface area contributed by atoms with E-state index >= 15 is 0 Å². The second-order valence-corrected chi connectivity index (χ2v) is 12.6. The summed E-state index contributed by atoms with van der Waals surface area (Å²) in [5.41, 5.74) is 2.71. The Hall–Kier alpha value is -1.33. The SMILES string of the molecule is COC(=O)c1cccc(N2CC(O[Si](C)(C)C(C)(C)C)C2)c1C. The molecule has 0 amide bonds. The minimum Gasteiger partial charge on any atom is -0.465 e. The van der Waals surface area contributed by atoms with Crippen molar-refractivity contribution in [3.05, 3.63) is 29.3 Å². The maximum absolute atomic E-state index is 11.8. The van der Waals surface area contributed by atoms with Crippen LogP contribution in [-0.2, 0) is 9.16 Å². The van der Waals surface area contributed by atoms with Crippen LogP contribution in [0, 0.1) is 6.92 Å². The van der Waals surface area contributed by atoms with E-state index in [1.807, 2.05) is 19.1 Å². The summed E-state index contributed by atoms with van der Waals surface area (Å²) in [5, 5.41) is 0.230. The quantitative estimate of drug-likeness (QED) is 0.616. The van der Waals surface area contributed by atoms with E-state index < -0.39 is 8.32 Å². The molecule has 4 nitrogen and oxygen atoms in total. The van der Waals surface area contributed by atoms with Crippen molar-refractivity contribution in [2.45, 2.75) is 51.9 Å². The van der Waals surface area contributed by atoms with Crippen LogP contribution in [0.3, 0.4) is 0 Å². The molecule has 0 spiro atoms. The third-order valence-electron chi connectivity index (χ3n) is 5.17. The third kappa shape index (κ3) is 3.61. The summed E-state index contributed by atoms with van der Waals surface area (Å²) < 4.78 is 11.3. The number of esters is 1. The highest BCUT2D eigenvalue weighted by Gasteiger charge is 2.42. The normalized spacial score (nSPS) is 16.2. The first-order valence-corrected chi connectivity index (χ1v) is 11.1. The van der Waals surface area contributed by atoms with Crippen LogP contribution in [0.15, 0.2) is 18.2 Å². The van der Waals surface area contributed by atoms with Gasteiger partial charge in [-0.25, -0.2) is 4.79 Å². The van der Waals surface area contributed by atoms with Crippen LogP contribution in [0.1, 0.15) is 36.7 Å². The molecule has 1 fully saturated rings. The molecule has 128 valence electrons. The second-order valence-electron chi connectivity index (χ2n) is 7.85. The molecule has 0 unspecified atom stereocenters. The van der Waals surface area contributed by atoms with Crippen molar-refractivity contribution in [1.29, 1.82) is 0 Å². The van der Waals surface area contributed by atoms with E-state index in [1.54, 1.807) is 0 Å². The number of anilines is 1. The van der Waals surface area contributed by atoms with Crippen LogP contribution < -0.4 is 4.90 Å². The van der Waals surface area contributed by atoms with Crippen LogP contribution in [0.2, 0.25) is 18.1 Å². The molecule has 1 aliphatic heterocycles. The van der Waals surface area contributed by atoms with E-state index in [2.05, 4.69) is 44.8 Å². The van der Waals surface area contributed by atoms with Crippen molar-refractivity contribution in [2.24, 2.45) is 0 Å². The summed E-state index contributed by atoms with van der Waals surface area (Å²) in [4.78, 5) is 14.1. The molecule has 0 saturated carbocycles. The predicted molar refractivity (Wildman–Crippen MR) is 96.8 cm³/mol. The maximum Gasteiger partial charge on any atom is 0.338 e. The molecule has 0 N–H and O–H groups in total. The summed E-state index contributed by atoms with van der Waals surface area (Å²) in [7, 11) is -0.299. The molecule has 1 heterocycles. The molecule has 1 aromatic carbocycles. The molecular formula is C18H29NO3Si. The molecule has 1 aromatic rings. The number of nitrogens with zero attached hydrogens (tertiary/aromatic N) is 1. The van der Waals surface area contributed by atoms with Crippen LogP contribution in [0.25, 0.3) is 0 Å². The van der Waals surface area contributed by atoms with Crippen molar-refractivity contribution in [1.82, 2.24) is 0 Å². The van der Waals surface area contributed by atoms with Crippen molar-refractivity contribution in [2.75, 3.05) is 25.1 Å². The van der Waals surface area contributed by atoms with E-state index in [1.165, 1.54) is 7.11 Å². The summed E-state index contributed by atoms with van der Waals surface area (Å²) in [5.74, 6) is -0.279. The topological polar surface area (TPSA) is 38.8 Å². The second kappa shape index (κ2) is 6.28. The lowest BCUT2D eigenvalue weighted by atomic mass is 10.0. The number of rotatable bonds is 4. The first kappa shape index (κ1) is 18.0. The lowest BCUT2D eigenvalue weighted by Crippen LogP contribution is -2.58. The number of methoxy groups -OCH3 is 1. The van der Waals surface area contributed by atoms with Gasteiger partial charge in [0.25, 0.3) is 0 Å². The zero-order valence-electron chi connectivity index (χ0n) is 15.4. The molecule has 2 rings (SSSR count). The maximum atomic E-state index is 11.8. The van der Waals surface area contributed by atoms with Gasteiger partial charge in [-0.15, -0.1) is 0 Å². The van der Waals surface area contributed by atoms with E-state index in [-0.39, 0.29) is 17.1 Å². The van der Waals surface area contributed by atoms with Gasteiger partial charge in [-0.3, -0.25) is 0 Å². The van der Waals surface area contributed by atoms with E-state index in [4.69, 9.17) is 9.16 Å². The summed E-state index contributed by atoms with van der Waals surface area (Å²) in [6.45, 7) is 15.1. The average molecular weight is 336 g/mol. The van der Waals surface area contributed by atoms with Gasteiger partial charge in [0.05, 0.1) is 18.8 Å².